The summed E-state index contributed by atoms with van der Waals surface area (Å²) in [5.74, 6) is 0. The van der Waals surface area contributed by atoms with Gasteiger partial charge in [0.1, 0.15) is 0 Å². The summed E-state index contributed by atoms with van der Waals surface area (Å²) in [6.07, 6.45) is 2.86. The van der Waals surface area contributed by atoms with E-state index in [1.807, 2.05) is 12.3 Å². The molecule has 0 spiro atoms. The van der Waals surface area contributed by atoms with Crippen LogP contribution in [-0.2, 0) is 0 Å². The third kappa shape index (κ3) is 1.61. The summed E-state index contributed by atoms with van der Waals surface area (Å²) < 4.78 is 1.06. The van der Waals surface area contributed by atoms with Crippen LogP contribution in [0.1, 0.15) is 25.1 Å². The number of halogens is 1. The van der Waals surface area contributed by atoms with E-state index in [1.54, 1.807) is 0 Å². The number of nitrogens with one attached hydrogen (secondary N) is 1. The molecule has 3 heteroatoms. The molecule has 0 fully saturated rings. The van der Waals surface area contributed by atoms with Crippen LogP contribution in [0, 0.1) is 0 Å². The van der Waals surface area contributed by atoms with Gasteiger partial charge < -0.3 is 10.7 Å². The molecule has 1 atom stereocenters. The molecule has 0 radical (unpaired) electrons. The van der Waals surface area contributed by atoms with E-state index in [4.69, 9.17) is 5.73 Å². The lowest BCUT2D eigenvalue weighted by atomic mass is 10.2. The molecule has 0 aliphatic carbocycles. The Kier molecular flexibility index (Phi) is 2.51. The zero-order chi connectivity index (χ0) is 7.56. The van der Waals surface area contributed by atoms with Gasteiger partial charge in [-0.3, -0.25) is 0 Å². The predicted molar refractivity (Wildman–Crippen MR) is 45.7 cm³/mol. The number of hydrogen-bond acceptors (Lipinski definition) is 1. The summed E-state index contributed by atoms with van der Waals surface area (Å²) in [7, 11) is 0. The molecule has 1 rings (SSSR count). The van der Waals surface area contributed by atoms with Gasteiger partial charge in [-0.2, -0.15) is 0 Å². The number of H-pyrrole nitrogens is 1. The summed E-state index contributed by atoms with van der Waals surface area (Å²) in [5.41, 5.74) is 6.85. The highest BCUT2D eigenvalue weighted by Crippen LogP contribution is 2.16. The van der Waals surface area contributed by atoms with Gasteiger partial charge in [-0.25, -0.2) is 0 Å². The standard InChI is InChI=1S/C7H11BrN2/c1-2-6(9)7-3-5(8)4-10-7/h3-4,6,10H,2,9H2,1H3. The maximum atomic E-state index is 5.76. The first-order valence-corrected chi connectivity index (χ1v) is 4.12. The van der Waals surface area contributed by atoms with Crippen molar-refractivity contribution in [2.24, 2.45) is 5.73 Å². The number of aromatic nitrogens is 1. The van der Waals surface area contributed by atoms with Gasteiger partial charge >= 0.3 is 0 Å². The first-order chi connectivity index (χ1) is 4.74. The zero-order valence-electron chi connectivity index (χ0n) is 5.89. The fraction of sp³-hybridized carbons (Fsp3) is 0.429. The Hall–Kier alpha value is -0.280. The molecule has 0 aliphatic rings. The quantitative estimate of drug-likeness (QED) is 0.759. The highest BCUT2D eigenvalue weighted by Gasteiger charge is 2.03. The number of nitrogens with two attached hydrogens (primary N) is 1. The molecular weight excluding hydrogens is 192 g/mol. The maximum Gasteiger partial charge on any atom is 0.0445 e. The fourth-order valence-corrected chi connectivity index (χ4v) is 1.18. The van der Waals surface area contributed by atoms with Gasteiger partial charge in [0.15, 0.2) is 0 Å². The molecule has 0 amide bonds. The molecule has 1 aromatic heterocycles. The average Bonchev–Trinajstić information content (AvgIpc) is 2.34. The van der Waals surface area contributed by atoms with Crippen LogP contribution in [0.25, 0.3) is 0 Å². The van der Waals surface area contributed by atoms with Crippen LogP contribution in [0.5, 0.6) is 0 Å². The minimum Gasteiger partial charge on any atom is -0.363 e. The van der Waals surface area contributed by atoms with E-state index in [2.05, 4.69) is 27.8 Å². The Balaban J connectivity index is 2.74. The second-order valence-corrected chi connectivity index (χ2v) is 3.20. The van der Waals surface area contributed by atoms with E-state index in [1.165, 1.54) is 0 Å². The molecule has 0 saturated heterocycles. The minimum atomic E-state index is 0.145. The van der Waals surface area contributed by atoms with Crippen LogP contribution in [0.2, 0.25) is 0 Å². The SMILES string of the molecule is CCC(N)c1cc(Br)c[nH]1. The van der Waals surface area contributed by atoms with E-state index in [0.717, 1.165) is 16.6 Å². The third-order valence-corrected chi connectivity index (χ3v) is 1.97. The van der Waals surface area contributed by atoms with Crippen molar-refractivity contribution in [2.75, 3.05) is 0 Å². The maximum absolute atomic E-state index is 5.76. The second-order valence-electron chi connectivity index (χ2n) is 2.29. The van der Waals surface area contributed by atoms with Crippen molar-refractivity contribution in [2.45, 2.75) is 19.4 Å². The number of rotatable bonds is 2. The zero-order valence-corrected chi connectivity index (χ0v) is 7.48. The highest BCUT2D eigenvalue weighted by molar-refractivity contribution is 9.10. The lowest BCUT2D eigenvalue weighted by Crippen LogP contribution is -2.08. The van der Waals surface area contributed by atoms with Gasteiger partial charge in [0.05, 0.1) is 0 Å². The van der Waals surface area contributed by atoms with Gasteiger partial charge in [0.25, 0.3) is 0 Å². The van der Waals surface area contributed by atoms with Gasteiger partial charge in [0.2, 0.25) is 0 Å². The normalized spacial score (nSPS) is 13.5. The summed E-state index contributed by atoms with van der Waals surface area (Å²) in [6, 6.07) is 2.15. The lowest BCUT2D eigenvalue weighted by Gasteiger charge is -2.03. The predicted octanol–water partition coefficient (Wildman–Crippen LogP) is 2.19. The van der Waals surface area contributed by atoms with Crippen molar-refractivity contribution in [3.8, 4) is 0 Å². The number of hydrogen-bond donors (Lipinski definition) is 2. The van der Waals surface area contributed by atoms with E-state index in [9.17, 15) is 0 Å². The summed E-state index contributed by atoms with van der Waals surface area (Å²) in [6.45, 7) is 2.07. The van der Waals surface area contributed by atoms with Crippen LogP contribution in [0.3, 0.4) is 0 Å². The smallest absolute Gasteiger partial charge is 0.0445 e. The summed E-state index contributed by atoms with van der Waals surface area (Å²) >= 11 is 3.34. The van der Waals surface area contributed by atoms with E-state index < -0.39 is 0 Å². The molecule has 2 nitrogen and oxygen atoms in total. The molecule has 1 unspecified atom stereocenters. The summed E-state index contributed by atoms with van der Waals surface area (Å²) in [5, 5.41) is 0. The minimum absolute atomic E-state index is 0.145. The molecule has 56 valence electrons. The van der Waals surface area contributed by atoms with E-state index in [0.29, 0.717) is 0 Å². The Morgan fingerprint density at radius 2 is 2.50 bits per heavy atom. The molecule has 0 saturated carbocycles. The molecule has 3 N–H and O–H groups in total. The molecule has 10 heavy (non-hydrogen) atoms. The Morgan fingerprint density at radius 3 is 2.90 bits per heavy atom. The topological polar surface area (TPSA) is 41.8 Å². The first-order valence-electron chi connectivity index (χ1n) is 3.33. The van der Waals surface area contributed by atoms with Crippen molar-refractivity contribution >= 4 is 15.9 Å². The molecule has 1 heterocycles. The summed E-state index contributed by atoms with van der Waals surface area (Å²) in [4.78, 5) is 3.08. The fourth-order valence-electron chi connectivity index (χ4n) is 0.818. The Labute approximate surface area is 68.9 Å². The van der Waals surface area contributed by atoms with Crippen molar-refractivity contribution in [1.82, 2.24) is 4.98 Å². The molecule has 0 aromatic carbocycles. The molecular formula is C7H11BrN2. The van der Waals surface area contributed by atoms with Gasteiger partial charge in [-0.05, 0) is 28.4 Å². The van der Waals surface area contributed by atoms with Gasteiger partial charge in [-0.15, -0.1) is 0 Å². The van der Waals surface area contributed by atoms with Crippen LogP contribution < -0.4 is 5.73 Å². The molecule has 1 aromatic rings. The number of aromatic amines is 1. The van der Waals surface area contributed by atoms with Crippen LogP contribution in [-0.4, -0.2) is 4.98 Å². The first kappa shape index (κ1) is 7.82. The van der Waals surface area contributed by atoms with Crippen molar-refractivity contribution in [3.05, 3.63) is 22.4 Å². The van der Waals surface area contributed by atoms with Crippen LogP contribution in [0.15, 0.2) is 16.7 Å². The van der Waals surface area contributed by atoms with Crippen molar-refractivity contribution in [3.63, 3.8) is 0 Å². The monoisotopic (exact) mass is 202 g/mol. The van der Waals surface area contributed by atoms with Crippen LogP contribution in [0.4, 0.5) is 0 Å². The van der Waals surface area contributed by atoms with Gasteiger partial charge in [0, 0.05) is 22.4 Å². The van der Waals surface area contributed by atoms with Crippen molar-refractivity contribution in [1.29, 1.82) is 0 Å². The van der Waals surface area contributed by atoms with E-state index in [-0.39, 0.29) is 6.04 Å². The van der Waals surface area contributed by atoms with E-state index >= 15 is 0 Å². The lowest BCUT2D eigenvalue weighted by molar-refractivity contribution is 0.680. The molecule has 0 bridgehead atoms. The Morgan fingerprint density at radius 1 is 1.80 bits per heavy atom. The van der Waals surface area contributed by atoms with Gasteiger partial charge in [-0.1, -0.05) is 6.92 Å². The Bertz CT molecular complexity index is 207. The van der Waals surface area contributed by atoms with Crippen molar-refractivity contribution < 1.29 is 0 Å². The molecule has 0 aliphatic heterocycles. The second kappa shape index (κ2) is 3.21. The third-order valence-electron chi connectivity index (χ3n) is 1.51. The average molecular weight is 203 g/mol. The van der Waals surface area contributed by atoms with Crippen LogP contribution >= 0.6 is 15.9 Å². The highest BCUT2D eigenvalue weighted by atomic mass is 79.9. The largest absolute Gasteiger partial charge is 0.363 e.